The molecule has 0 aliphatic carbocycles. The smallest absolute Gasteiger partial charge is 0.408 e. The number of aromatic carboxylic acids is 1. The van der Waals surface area contributed by atoms with Crippen molar-refractivity contribution >= 4 is 41.3 Å². The van der Waals surface area contributed by atoms with E-state index in [0.717, 1.165) is 11.1 Å². The van der Waals surface area contributed by atoms with Gasteiger partial charge in [0.1, 0.15) is 23.3 Å². The number of carboxylic acids is 1. The zero-order valence-electron chi connectivity index (χ0n) is 27.4. The van der Waals surface area contributed by atoms with Gasteiger partial charge in [-0.25, -0.2) is 14.4 Å². The van der Waals surface area contributed by atoms with E-state index in [0.29, 0.717) is 0 Å². The molecule has 0 fully saturated rings. The highest BCUT2D eigenvalue weighted by Gasteiger charge is 2.27. The van der Waals surface area contributed by atoms with Crippen molar-refractivity contribution in [2.45, 2.75) is 77.7 Å². The second kappa shape index (κ2) is 15.7. The SMILES string of the molecule is CC(C)(C)OC(=O)N[C@@H](Cc1ccccc1)C(=O)Nc1cc(NC(=O)[C@H](Cc2ccccc2)NC(=O)OC(C)(C)C)cc(C(=O)O)c1. The van der Waals surface area contributed by atoms with E-state index in [4.69, 9.17) is 9.47 Å². The highest BCUT2D eigenvalue weighted by Crippen LogP contribution is 2.21. The number of hydrogen-bond donors (Lipinski definition) is 5. The Balaban J connectivity index is 1.87. The fraction of sp³-hybridized carbons (Fsp3) is 0.343. The van der Waals surface area contributed by atoms with Gasteiger partial charge in [0.25, 0.3) is 0 Å². The lowest BCUT2D eigenvalue weighted by Crippen LogP contribution is -2.47. The van der Waals surface area contributed by atoms with E-state index in [2.05, 4.69) is 21.3 Å². The van der Waals surface area contributed by atoms with Gasteiger partial charge < -0.3 is 35.8 Å². The van der Waals surface area contributed by atoms with Crippen LogP contribution in [0.15, 0.2) is 78.9 Å². The van der Waals surface area contributed by atoms with E-state index < -0.39 is 53.3 Å². The van der Waals surface area contributed by atoms with Crippen LogP contribution >= 0.6 is 0 Å². The topological polar surface area (TPSA) is 172 Å². The Morgan fingerprint density at radius 2 is 0.979 bits per heavy atom. The lowest BCUT2D eigenvalue weighted by atomic mass is 10.0. The Morgan fingerprint density at radius 1 is 0.617 bits per heavy atom. The number of amides is 4. The van der Waals surface area contributed by atoms with Crippen molar-refractivity contribution in [1.82, 2.24) is 10.6 Å². The van der Waals surface area contributed by atoms with Crippen molar-refractivity contribution in [3.8, 4) is 0 Å². The normalized spacial score (nSPS) is 12.6. The van der Waals surface area contributed by atoms with E-state index in [9.17, 15) is 29.1 Å². The molecule has 0 spiro atoms. The molecule has 250 valence electrons. The average molecular weight is 647 g/mol. The number of carbonyl (C=O) groups excluding carboxylic acids is 4. The average Bonchev–Trinajstić information content (AvgIpc) is 2.95. The molecule has 0 aliphatic heterocycles. The molecule has 0 unspecified atom stereocenters. The maximum absolute atomic E-state index is 13.5. The third-order valence-corrected chi connectivity index (χ3v) is 6.30. The Labute approximate surface area is 274 Å². The molecule has 0 bridgehead atoms. The molecule has 5 N–H and O–H groups in total. The minimum atomic E-state index is -1.31. The summed E-state index contributed by atoms with van der Waals surface area (Å²) >= 11 is 0. The number of rotatable bonds is 11. The third-order valence-electron chi connectivity index (χ3n) is 6.30. The van der Waals surface area contributed by atoms with Crippen molar-refractivity contribution in [1.29, 1.82) is 0 Å². The Morgan fingerprint density at radius 3 is 1.30 bits per heavy atom. The van der Waals surface area contributed by atoms with Crippen molar-refractivity contribution in [2.75, 3.05) is 10.6 Å². The molecule has 3 rings (SSSR count). The molecule has 47 heavy (non-hydrogen) atoms. The molecule has 2 atom stereocenters. The van der Waals surface area contributed by atoms with Crippen LogP contribution in [-0.2, 0) is 31.9 Å². The van der Waals surface area contributed by atoms with Crippen LogP contribution in [0.4, 0.5) is 21.0 Å². The summed E-state index contributed by atoms with van der Waals surface area (Å²) in [7, 11) is 0. The molecule has 0 aromatic heterocycles. The summed E-state index contributed by atoms with van der Waals surface area (Å²) < 4.78 is 10.7. The zero-order chi connectivity index (χ0) is 34.8. The first-order chi connectivity index (χ1) is 22.0. The number of carbonyl (C=O) groups is 5. The van der Waals surface area contributed by atoms with Gasteiger partial charge in [0.05, 0.1) is 5.56 Å². The number of ether oxygens (including phenoxy) is 2. The van der Waals surface area contributed by atoms with Gasteiger partial charge in [0.15, 0.2) is 0 Å². The van der Waals surface area contributed by atoms with Gasteiger partial charge in [-0.2, -0.15) is 0 Å². The molecular formula is C35H42N4O8. The van der Waals surface area contributed by atoms with Crippen LogP contribution in [0.1, 0.15) is 63.0 Å². The molecule has 3 aromatic rings. The van der Waals surface area contributed by atoms with Crippen LogP contribution in [0.5, 0.6) is 0 Å². The molecule has 0 radical (unpaired) electrons. The first-order valence-corrected chi connectivity index (χ1v) is 15.0. The standard InChI is InChI=1S/C35H42N4O8/c1-34(2,3)46-32(44)38-27(17-22-13-9-7-10-14-22)29(40)36-25-19-24(31(42)43)20-26(21-25)37-30(41)28(18-23-15-11-8-12-16-23)39-33(45)47-35(4,5)6/h7-16,19-21,27-28H,17-18H2,1-6H3,(H,36,40)(H,37,41)(H,38,44)(H,39,45)(H,42,43)/t27-,28-/m0/s1. The Bertz CT molecular complexity index is 1460. The van der Waals surface area contributed by atoms with E-state index in [1.807, 2.05) is 12.1 Å². The molecule has 0 aliphatic rings. The van der Waals surface area contributed by atoms with Gasteiger partial charge >= 0.3 is 18.2 Å². The molecular weight excluding hydrogens is 604 g/mol. The summed E-state index contributed by atoms with van der Waals surface area (Å²) in [6.45, 7) is 10.2. The zero-order valence-corrected chi connectivity index (χ0v) is 27.4. The highest BCUT2D eigenvalue weighted by molar-refractivity contribution is 6.01. The van der Waals surface area contributed by atoms with Crippen LogP contribution in [0.25, 0.3) is 0 Å². The fourth-order valence-electron chi connectivity index (χ4n) is 4.37. The monoisotopic (exact) mass is 646 g/mol. The minimum absolute atomic E-state index is 0.0500. The molecule has 0 heterocycles. The number of nitrogens with one attached hydrogen (secondary N) is 4. The van der Waals surface area contributed by atoms with Gasteiger partial charge in [0.2, 0.25) is 11.8 Å². The summed E-state index contributed by atoms with van der Waals surface area (Å²) in [6, 6.07) is 19.7. The number of anilines is 2. The molecule has 12 heteroatoms. The minimum Gasteiger partial charge on any atom is -0.478 e. The molecule has 0 saturated carbocycles. The largest absolute Gasteiger partial charge is 0.478 e. The number of hydrogen-bond acceptors (Lipinski definition) is 7. The summed E-state index contributed by atoms with van der Waals surface area (Å²) in [5, 5.41) is 20.3. The predicted octanol–water partition coefficient (Wildman–Crippen LogP) is 5.53. The molecule has 0 saturated heterocycles. The second-order valence-corrected chi connectivity index (χ2v) is 12.9. The Kier molecular flexibility index (Phi) is 12.1. The van der Waals surface area contributed by atoms with Crippen LogP contribution in [0, 0.1) is 0 Å². The fourth-order valence-corrected chi connectivity index (χ4v) is 4.37. The van der Waals surface area contributed by atoms with E-state index >= 15 is 0 Å². The maximum Gasteiger partial charge on any atom is 0.408 e. The van der Waals surface area contributed by atoms with E-state index in [1.165, 1.54) is 18.2 Å². The van der Waals surface area contributed by atoms with Crippen LogP contribution < -0.4 is 21.3 Å². The van der Waals surface area contributed by atoms with Gasteiger partial charge in [-0.3, -0.25) is 9.59 Å². The van der Waals surface area contributed by atoms with Crippen LogP contribution in [-0.4, -0.2) is 58.4 Å². The van der Waals surface area contributed by atoms with Crippen molar-refractivity contribution in [3.05, 3.63) is 95.6 Å². The lowest BCUT2D eigenvalue weighted by Gasteiger charge is -2.24. The summed E-state index contributed by atoms with van der Waals surface area (Å²) in [6.07, 6.45) is -1.37. The van der Waals surface area contributed by atoms with Gasteiger partial charge in [-0.05, 0) is 70.9 Å². The maximum atomic E-state index is 13.5. The van der Waals surface area contributed by atoms with Crippen LogP contribution in [0.2, 0.25) is 0 Å². The molecule has 4 amide bonds. The van der Waals surface area contributed by atoms with Crippen molar-refractivity contribution < 1.29 is 38.6 Å². The number of alkyl carbamates (subject to hydrolysis) is 2. The highest BCUT2D eigenvalue weighted by atomic mass is 16.6. The van der Waals surface area contributed by atoms with Crippen molar-refractivity contribution in [3.63, 3.8) is 0 Å². The Hall–Kier alpha value is -5.39. The number of carboxylic acid groups (broad SMARTS) is 1. The van der Waals surface area contributed by atoms with Crippen molar-refractivity contribution in [2.24, 2.45) is 0 Å². The van der Waals surface area contributed by atoms with Gasteiger partial charge in [-0.1, -0.05) is 60.7 Å². The second-order valence-electron chi connectivity index (χ2n) is 12.9. The van der Waals surface area contributed by atoms with Gasteiger partial charge in [0, 0.05) is 24.2 Å². The predicted molar refractivity (Wildman–Crippen MR) is 177 cm³/mol. The quantitative estimate of drug-likeness (QED) is 0.181. The molecule has 12 nitrogen and oxygen atoms in total. The lowest BCUT2D eigenvalue weighted by molar-refractivity contribution is -0.118. The third kappa shape index (κ3) is 12.9. The molecule has 3 aromatic carbocycles. The van der Waals surface area contributed by atoms with Gasteiger partial charge in [-0.15, -0.1) is 0 Å². The summed E-state index contributed by atoms with van der Waals surface area (Å²) in [5.74, 6) is -2.60. The first kappa shape index (κ1) is 36.1. The van der Waals surface area contributed by atoms with E-state index in [1.54, 1.807) is 90.1 Å². The summed E-state index contributed by atoms with van der Waals surface area (Å²) in [4.78, 5) is 64.2. The number of benzene rings is 3. The summed E-state index contributed by atoms with van der Waals surface area (Å²) in [5.41, 5.74) is -0.217. The van der Waals surface area contributed by atoms with Crippen LogP contribution in [0.3, 0.4) is 0 Å². The first-order valence-electron chi connectivity index (χ1n) is 15.0. The van der Waals surface area contributed by atoms with E-state index in [-0.39, 0.29) is 29.8 Å².